The Balaban J connectivity index is 0.000000317. The van der Waals surface area contributed by atoms with Gasteiger partial charge in [0.25, 0.3) is 6.47 Å². The van der Waals surface area contributed by atoms with Gasteiger partial charge in [-0.1, -0.05) is 0 Å². The van der Waals surface area contributed by atoms with Gasteiger partial charge in [-0.3, -0.25) is 9.59 Å². The van der Waals surface area contributed by atoms with Gasteiger partial charge in [0, 0.05) is 25.7 Å². The summed E-state index contributed by atoms with van der Waals surface area (Å²) in [5.74, 6) is 0. The van der Waals surface area contributed by atoms with Crippen molar-refractivity contribution in [3.05, 3.63) is 0 Å². The number of nitrogens with zero attached hydrogens (tertiary/aromatic N) is 2. The summed E-state index contributed by atoms with van der Waals surface area (Å²) in [6, 6.07) is 0.750. The molecule has 2 fully saturated rings. The van der Waals surface area contributed by atoms with Crippen LogP contribution in [0.1, 0.15) is 27.2 Å². The zero-order valence-electron chi connectivity index (χ0n) is 15.2. The van der Waals surface area contributed by atoms with E-state index in [1.54, 1.807) is 4.90 Å². The average molecular weight is 331 g/mol. The van der Waals surface area contributed by atoms with Gasteiger partial charge in [-0.25, -0.2) is 0 Å². The van der Waals surface area contributed by atoms with E-state index < -0.39 is 0 Å². The molecule has 1 unspecified atom stereocenters. The number of nitrogens with one attached hydrogen (secondary N) is 1. The number of amides is 1. The summed E-state index contributed by atoms with van der Waals surface area (Å²) >= 11 is 0. The topological polar surface area (TPSA) is 71.1 Å². The zero-order valence-corrected chi connectivity index (χ0v) is 15.2. The van der Waals surface area contributed by atoms with Gasteiger partial charge in [-0.15, -0.1) is 0 Å². The summed E-state index contributed by atoms with van der Waals surface area (Å²) in [5, 5.41) is 3.25. The molecule has 7 nitrogen and oxygen atoms in total. The molecule has 2 heterocycles. The number of rotatable bonds is 3. The summed E-state index contributed by atoms with van der Waals surface area (Å²) in [6.07, 6.45) is 2.18. The molecule has 0 spiro atoms. The number of carbonyl (C=O) groups is 2. The molecule has 0 bridgehead atoms. The van der Waals surface area contributed by atoms with E-state index >= 15 is 0 Å². The van der Waals surface area contributed by atoms with Gasteiger partial charge in [0.1, 0.15) is 5.60 Å². The van der Waals surface area contributed by atoms with Crippen LogP contribution in [0.5, 0.6) is 0 Å². The number of likely N-dealkylation sites (tertiary alicyclic amines) is 1. The van der Waals surface area contributed by atoms with Gasteiger partial charge in [0.05, 0.1) is 13.2 Å². The van der Waals surface area contributed by atoms with E-state index in [1.807, 2.05) is 27.8 Å². The van der Waals surface area contributed by atoms with Crippen LogP contribution in [0.3, 0.4) is 0 Å². The first-order valence-corrected chi connectivity index (χ1v) is 8.06. The fourth-order valence-corrected chi connectivity index (χ4v) is 2.00. The molecule has 0 aromatic rings. The van der Waals surface area contributed by atoms with Crippen molar-refractivity contribution in [1.29, 1.82) is 0 Å². The van der Waals surface area contributed by atoms with Crippen LogP contribution in [-0.4, -0.2) is 87.8 Å². The standard InChI is InChI=1S/C6H14N2.C5H9NO2.C5H10O2/c1-7-6-3-4-8(2)5-6;7-5-6-1-3-8-4-2-6;1-5(2,3)7-4-6/h6-7H,3-5H2,1-2H3;5H,1-4H2;4H,1-3H3. The molecule has 1 amide bonds. The van der Waals surface area contributed by atoms with E-state index in [0.717, 1.165) is 25.5 Å². The number of hydrogen-bond donors (Lipinski definition) is 1. The Kier molecular flexibility index (Phi) is 11.6. The second-order valence-electron chi connectivity index (χ2n) is 6.62. The van der Waals surface area contributed by atoms with Gasteiger partial charge in [0.2, 0.25) is 6.41 Å². The number of carbonyl (C=O) groups excluding carboxylic acids is 2. The van der Waals surface area contributed by atoms with E-state index in [0.29, 0.717) is 19.7 Å². The van der Waals surface area contributed by atoms with Crippen LogP contribution < -0.4 is 5.32 Å². The molecule has 136 valence electrons. The van der Waals surface area contributed by atoms with Crippen LogP contribution >= 0.6 is 0 Å². The highest BCUT2D eigenvalue weighted by atomic mass is 16.5. The lowest BCUT2D eigenvalue weighted by Crippen LogP contribution is -2.34. The molecule has 1 atom stereocenters. The molecule has 0 aromatic heterocycles. The first kappa shape index (κ1) is 21.8. The van der Waals surface area contributed by atoms with Crippen LogP contribution in [0.15, 0.2) is 0 Å². The van der Waals surface area contributed by atoms with Crippen molar-refractivity contribution in [2.75, 3.05) is 53.5 Å². The molecule has 0 saturated carbocycles. The van der Waals surface area contributed by atoms with E-state index in [-0.39, 0.29) is 5.60 Å². The zero-order chi connectivity index (χ0) is 17.7. The minimum absolute atomic E-state index is 0.318. The molecule has 2 saturated heterocycles. The van der Waals surface area contributed by atoms with Crippen LogP contribution in [0.2, 0.25) is 0 Å². The highest BCUT2D eigenvalue weighted by Crippen LogP contribution is 2.04. The van der Waals surface area contributed by atoms with Crippen LogP contribution in [0.4, 0.5) is 0 Å². The smallest absolute Gasteiger partial charge is 0.293 e. The first-order chi connectivity index (χ1) is 10.8. The lowest BCUT2D eigenvalue weighted by molar-refractivity contribution is -0.138. The third kappa shape index (κ3) is 13.0. The molecule has 0 aliphatic carbocycles. The Bertz CT molecular complexity index is 315. The lowest BCUT2D eigenvalue weighted by Gasteiger charge is -2.21. The normalized spacial score (nSPS) is 21.4. The van der Waals surface area contributed by atoms with Gasteiger partial charge in [-0.2, -0.15) is 0 Å². The molecular formula is C16H33N3O4. The minimum atomic E-state index is -0.318. The van der Waals surface area contributed by atoms with E-state index in [4.69, 9.17) is 4.74 Å². The quantitative estimate of drug-likeness (QED) is 0.752. The van der Waals surface area contributed by atoms with Gasteiger partial charge >= 0.3 is 0 Å². The maximum Gasteiger partial charge on any atom is 0.293 e. The molecule has 1 N–H and O–H groups in total. The Morgan fingerprint density at radius 3 is 2.00 bits per heavy atom. The van der Waals surface area contributed by atoms with Crippen LogP contribution in [0, 0.1) is 0 Å². The summed E-state index contributed by atoms with van der Waals surface area (Å²) in [5.41, 5.74) is -0.318. The molecule has 23 heavy (non-hydrogen) atoms. The fraction of sp³-hybridized carbons (Fsp3) is 0.875. The molecule has 0 radical (unpaired) electrons. The van der Waals surface area contributed by atoms with Crippen molar-refractivity contribution >= 4 is 12.9 Å². The van der Waals surface area contributed by atoms with E-state index in [1.165, 1.54) is 19.5 Å². The third-order valence-corrected chi connectivity index (χ3v) is 3.40. The maximum atomic E-state index is 10.0. The predicted molar refractivity (Wildman–Crippen MR) is 90.3 cm³/mol. The molecular weight excluding hydrogens is 298 g/mol. The molecule has 2 aliphatic heterocycles. The summed E-state index contributed by atoms with van der Waals surface area (Å²) in [7, 11) is 4.20. The fourth-order valence-electron chi connectivity index (χ4n) is 2.00. The van der Waals surface area contributed by atoms with Crippen molar-refractivity contribution < 1.29 is 19.1 Å². The molecule has 7 heteroatoms. The Hall–Kier alpha value is -1.18. The minimum Gasteiger partial charge on any atom is -0.462 e. The van der Waals surface area contributed by atoms with Crippen molar-refractivity contribution in [3.8, 4) is 0 Å². The van der Waals surface area contributed by atoms with Gasteiger partial charge in [-0.05, 0) is 47.8 Å². The second-order valence-corrected chi connectivity index (χ2v) is 6.62. The van der Waals surface area contributed by atoms with Crippen molar-refractivity contribution in [1.82, 2.24) is 15.1 Å². The lowest BCUT2D eigenvalue weighted by atomic mass is 10.2. The number of hydrogen-bond acceptors (Lipinski definition) is 6. The monoisotopic (exact) mass is 331 g/mol. The Morgan fingerprint density at radius 2 is 1.78 bits per heavy atom. The largest absolute Gasteiger partial charge is 0.462 e. The first-order valence-electron chi connectivity index (χ1n) is 8.06. The summed E-state index contributed by atoms with van der Waals surface area (Å²) in [6.45, 7) is 11.3. The van der Waals surface area contributed by atoms with Crippen molar-refractivity contribution in [2.24, 2.45) is 0 Å². The average Bonchev–Trinajstić information content (AvgIpc) is 2.94. The third-order valence-electron chi connectivity index (χ3n) is 3.40. The Labute approximate surface area is 140 Å². The predicted octanol–water partition coefficient (Wildman–Crippen LogP) is 0.343. The van der Waals surface area contributed by atoms with Gasteiger partial charge < -0.3 is 24.6 Å². The number of likely N-dealkylation sites (N-methyl/N-ethyl adjacent to an activating group) is 2. The van der Waals surface area contributed by atoms with Crippen LogP contribution in [0.25, 0.3) is 0 Å². The maximum absolute atomic E-state index is 10.0. The molecule has 0 aromatic carbocycles. The van der Waals surface area contributed by atoms with E-state index in [9.17, 15) is 9.59 Å². The van der Waals surface area contributed by atoms with E-state index in [2.05, 4.69) is 22.0 Å². The highest BCUT2D eigenvalue weighted by Gasteiger charge is 2.16. The SMILES string of the molecule is CC(C)(C)OC=O.CNC1CCN(C)C1.O=CN1CCOCC1. The second kappa shape index (κ2) is 12.3. The van der Waals surface area contributed by atoms with Gasteiger partial charge in [0.15, 0.2) is 0 Å². The highest BCUT2D eigenvalue weighted by molar-refractivity contribution is 5.46. The van der Waals surface area contributed by atoms with Crippen molar-refractivity contribution in [2.45, 2.75) is 38.8 Å². The Morgan fingerprint density at radius 1 is 1.17 bits per heavy atom. The number of ether oxygens (including phenoxy) is 2. The summed E-state index contributed by atoms with van der Waals surface area (Å²) < 4.78 is 9.55. The number of morpholine rings is 1. The summed E-state index contributed by atoms with van der Waals surface area (Å²) in [4.78, 5) is 23.7. The van der Waals surface area contributed by atoms with Crippen LogP contribution in [-0.2, 0) is 19.1 Å². The molecule has 2 rings (SSSR count). The van der Waals surface area contributed by atoms with Crippen molar-refractivity contribution in [3.63, 3.8) is 0 Å². The molecule has 2 aliphatic rings.